The Hall–Kier alpha value is -2.08. The van der Waals surface area contributed by atoms with Gasteiger partial charge < -0.3 is 21.7 Å². The van der Waals surface area contributed by atoms with E-state index in [1.54, 1.807) is 24.3 Å². The Morgan fingerprint density at radius 2 is 2.06 bits per heavy atom. The van der Waals surface area contributed by atoms with Crippen molar-refractivity contribution in [3.8, 4) is 0 Å². The van der Waals surface area contributed by atoms with Gasteiger partial charge in [-0.2, -0.15) is 0 Å². The highest BCUT2D eigenvalue weighted by Crippen LogP contribution is 2.10. The average Bonchev–Trinajstić information content (AvgIpc) is 2.34. The largest absolute Gasteiger partial charge is 0.352 e. The van der Waals surface area contributed by atoms with Crippen LogP contribution in [0.3, 0.4) is 0 Å². The molecule has 0 aliphatic rings. The minimum Gasteiger partial charge on any atom is -0.352 e. The molecule has 0 saturated carbocycles. The summed E-state index contributed by atoms with van der Waals surface area (Å²) in [4.78, 5) is 22.5. The SMILES string of the molecule is CNCCCNC(=O)c1cccc(NC(N)=O)c1. The standard InChI is InChI=1S/C12H18N4O2/c1-14-6-3-7-15-11(17)9-4-2-5-10(8-9)16-12(13)18/h2,4-5,8,14H,3,6-7H2,1H3,(H,15,17)(H3,13,16,18). The van der Waals surface area contributed by atoms with Crippen molar-refractivity contribution in [3.05, 3.63) is 29.8 Å². The molecule has 6 heteroatoms. The molecule has 0 aromatic heterocycles. The summed E-state index contributed by atoms with van der Waals surface area (Å²) in [7, 11) is 1.86. The van der Waals surface area contributed by atoms with Crippen LogP contribution in [0.4, 0.5) is 10.5 Å². The van der Waals surface area contributed by atoms with Crippen LogP contribution in [0, 0.1) is 0 Å². The summed E-state index contributed by atoms with van der Waals surface area (Å²) < 4.78 is 0. The van der Waals surface area contributed by atoms with Gasteiger partial charge in [0.15, 0.2) is 0 Å². The lowest BCUT2D eigenvalue weighted by Gasteiger charge is -2.07. The monoisotopic (exact) mass is 250 g/mol. The van der Waals surface area contributed by atoms with E-state index >= 15 is 0 Å². The molecule has 0 bridgehead atoms. The molecule has 1 aromatic carbocycles. The maximum Gasteiger partial charge on any atom is 0.316 e. The average molecular weight is 250 g/mol. The van der Waals surface area contributed by atoms with E-state index in [1.165, 1.54) is 0 Å². The molecule has 0 aliphatic carbocycles. The van der Waals surface area contributed by atoms with E-state index in [0.717, 1.165) is 13.0 Å². The summed E-state index contributed by atoms with van der Waals surface area (Å²) in [5, 5.41) is 8.22. The molecule has 0 unspecified atom stereocenters. The Bertz CT molecular complexity index is 420. The zero-order valence-electron chi connectivity index (χ0n) is 10.3. The second kappa shape index (κ2) is 7.29. The Morgan fingerprint density at radius 3 is 2.72 bits per heavy atom. The number of hydrogen-bond acceptors (Lipinski definition) is 3. The first-order chi connectivity index (χ1) is 8.63. The molecule has 6 nitrogen and oxygen atoms in total. The molecule has 1 aromatic rings. The summed E-state index contributed by atoms with van der Waals surface area (Å²) in [6.07, 6.45) is 0.863. The van der Waals surface area contributed by atoms with Crippen LogP contribution in [0.2, 0.25) is 0 Å². The first kappa shape index (κ1) is 14.0. The number of rotatable bonds is 6. The zero-order chi connectivity index (χ0) is 13.4. The van der Waals surface area contributed by atoms with Gasteiger partial charge in [0.05, 0.1) is 0 Å². The lowest BCUT2D eigenvalue weighted by Crippen LogP contribution is -2.26. The van der Waals surface area contributed by atoms with Crippen molar-refractivity contribution in [2.75, 3.05) is 25.5 Å². The Morgan fingerprint density at radius 1 is 1.28 bits per heavy atom. The number of anilines is 1. The highest BCUT2D eigenvalue weighted by molar-refractivity contribution is 5.96. The lowest BCUT2D eigenvalue weighted by molar-refractivity contribution is 0.0953. The highest BCUT2D eigenvalue weighted by Gasteiger charge is 2.05. The van der Waals surface area contributed by atoms with Crippen molar-refractivity contribution in [2.24, 2.45) is 5.73 Å². The van der Waals surface area contributed by atoms with Crippen molar-refractivity contribution >= 4 is 17.6 Å². The van der Waals surface area contributed by atoms with Gasteiger partial charge in [-0.05, 0) is 38.2 Å². The van der Waals surface area contributed by atoms with Gasteiger partial charge in [0, 0.05) is 17.8 Å². The van der Waals surface area contributed by atoms with Gasteiger partial charge in [-0.3, -0.25) is 4.79 Å². The molecule has 98 valence electrons. The topological polar surface area (TPSA) is 96.2 Å². The molecule has 0 aliphatic heterocycles. The van der Waals surface area contributed by atoms with Crippen LogP contribution >= 0.6 is 0 Å². The Labute approximate surface area is 106 Å². The number of carbonyl (C=O) groups excluding carboxylic acids is 2. The van der Waals surface area contributed by atoms with E-state index in [4.69, 9.17) is 5.73 Å². The summed E-state index contributed by atoms with van der Waals surface area (Å²) in [6, 6.07) is 5.97. The Balaban J connectivity index is 2.54. The molecule has 0 spiro atoms. The smallest absolute Gasteiger partial charge is 0.316 e. The molecule has 0 saturated heterocycles. The number of carbonyl (C=O) groups is 2. The second-order valence-electron chi connectivity index (χ2n) is 3.78. The van der Waals surface area contributed by atoms with E-state index in [1.807, 2.05) is 7.05 Å². The van der Waals surface area contributed by atoms with Crippen LogP contribution in [0.15, 0.2) is 24.3 Å². The first-order valence-corrected chi connectivity index (χ1v) is 5.73. The van der Waals surface area contributed by atoms with Gasteiger partial charge in [0.1, 0.15) is 0 Å². The fraction of sp³-hybridized carbons (Fsp3) is 0.333. The van der Waals surface area contributed by atoms with E-state index in [-0.39, 0.29) is 5.91 Å². The maximum atomic E-state index is 11.8. The Kier molecular flexibility index (Phi) is 5.66. The van der Waals surface area contributed by atoms with Gasteiger partial charge in [-0.15, -0.1) is 0 Å². The molecule has 0 heterocycles. The second-order valence-corrected chi connectivity index (χ2v) is 3.78. The molecule has 1 rings (SSSR count). The molecular weight excluding hydrogens is 232 g/mol. The van der Waals surface area contributed by atoms with E-state index in [2.05, 4.69) is 16.0 Å². The third kappa shape index (κ3) is 4.84. The predicted molar refractivity (Wildman–Crippen MR) is 70.5 cm³/mol. The van der Waals surface area contributed by atoms with Gasteiger partial charge in [0.25, 0.3) is 5.91 Å². The number of urea groups is 1. The molecule has 3 amide bonds. The minimum atomic E-state index is -0.651. The normalized spacial score (nSPS) is 9.83. The van der Waals surface area contributed by atoms with E-state index in [9.17, 15) is 9.59 Å². The van der Waals surface area contributed by atoms with Gasteiger partial charge in [-0.1, -0.05) is 6.07 Å². The van der Waals surface area contributed by atoms with Crippen LogP contribution in [-0.2, 0) is 0 Å². The third-order valence-corrected chi connectivity index (χ3v) is 2.28. The molecule has 0 fully saturated rings. The number of amides is 3. The van der Waals surface area contributed by atoms with E-state index < -0.39 is 6.03 Å². The minimum absolute atomic E-state index is 0.167. The van der Waals surface area contributed by atoms with Crippen LogP contribution in [-0.4, -0.2) is 32.1 Å². The van der Waals surface area contributed by atoms with Crippen molar-refractivity contribution in [3.63, 3.8) is 0 Å². The highest BCUT2D eigenvalue weighted by atomic mass is 16.2. The number of benzene rings is 1. The number of hydrogen-bond donors (Lipinski definition) is 4. The quantitative estimate of drug-likeness (QED) is 0.554. The molecule has 0 radical (unpaired) electrons. The predicted octanol–water partition coefficient (Wildman–Crippen LogP) is 0.516. The summed E-state index contributed by atoms with van der Waals surface area (Å²) in [5.41, 5.74) is 6.00. The zero-order valence-corrected chi connectivity index (χ0v) is 10.3. The third-order valence-electron chi connectivity index (χ3n) is 2.28. The molecular formula is C12H18N4O2. The molecule has 5 N–H and O–H groups in total. The fourth-order valence-corrected chi connectivity index (χ4v) is 1.45. The lowest BCUT2D eigenvalue weighted by atomic mass is 10.2. The summed E-state index contributed by atoms with van der Waals surface area (Å²) in [6.45, 7) is 1.46. The summed E-state index contributed by atoms with van der Waals surface area (Å²) >= 11 is 0. The fourth-order valence-electron chi connectivity index (χ4n) is 1.45. The van der Waals surface area contributed by atoms with Crippen molar-refractivity contribution < 1.29 is 9.59 Å². The van der Waals surface area contributed by atoms with Crippen LogP contribution < -0.4 is 21.7 Å². The van der Waals surface area contributed by atoms with Crippen LogP contribution in [0.25, 0.3) is 0 Å². The molecule has 0 atom stereocenters. The maximum absolute atomic E-state index is 11.8. The van der Waals surface area contributed by atoms with Crippen LogP contribution in [0.1, 0.15) is 16.8 Å². The van der Waals surface area contributed by atoms with Crippen molar-refractivity contribution in [2.45, 2.75) is 6.42 Å². The first-order valence-electron chi connectivity index (χ1n) is 5.73. The molecule has 18 heavy (non-hydrogen) atoms. The number of nitrogens with two attached hydrogens (primary N) is 1. The van der Waals surface area contributed by atoms with E-state index in [0.29, 0.717) is 17.8 Å². The van der Waals surface area contributed by atoms with Crippen LogP contribution in [0.5, 0.6) is 0 Å². The summed E-state index contributed by atoms with van der Waals surface area (Å²) in [5.74, 6) is -0.167. The van der Waals surface area contributed by atoms with Gasteiger partial charge in [-0.25, -0.2) is 4.79 Å². The van der Waals surface area contributed by atoms with Crippen molar-refractivity contribution in [1.82, 2.24) is 10.6 Å². The van der Waals surface area contributed by atoms with Crippen molar-refractivity contribution in [1.29, 1.82) is 0 Å². The van der Waals surface area contributed by atoms with Gasteiger partial charge >= 0.3 is 6.03 Å². The number of primary amides is 1. The van der Waals surface area contributed by atoms with Gasteiger partial charge in [0.2, 0.25) is 0 Å². The number of nitrogens with one attached hydrogen (secondary N) is 3.